The first-order valence-electron chi connectivity index (χ1n) is 7.94. The van der Waals surface area contributed by atoms with Gasteiger partial charge < -0.3 is 15.0 Å². The molecule has 1 aromatic heterocycles. The van der Waals surface area contributed by atoms with Gasteiger partial charge in [-0.15, -0.1) is 11.3 Å². The molecule has 1 aromatic carbocycles. The molecule has 0 unspecified atom stereocenters. The number of nitrogens with one attached hydrogen (secondary N) is 1. The molecule has 2 aromatic rings. The fourth-order valence-electron chi connectivity index (χ4n) is 2.82. The smallest absolute Gasteiger partial charge is 0.308 e. The first-order chi connectivity index (χ1) is 12.0. The van der Waals surface area contributed by atoms with Crippen LogP contribution in [0.5, 0.6) is 0 Å². The van der Waals surface area contributed by atoms with Crippen LogP contribution in [-0.4, -0.2) is 48.4 Å². The maximum Gasteiger partial charge on any atom is 0.308 e. The molecular formula is C17H17ClN2O4S. The van der Waals surface area contributed by atoms with Crippen molar-refractivity contribution in [3.63, 3.8) is 0 Å². The lowest BCUT2D eigenvalue weighted by Crippen LogP contribution is -2.57. The van der Waals surface area contributed by atoms with Crippen molar-refractivity contribution in [2.24, 2.45) is 0 Å². The fraction of sp³-hybridized carbons (Fsp3) is 0.353. The number of hydrogen-bond acceptors (Lipinski definition) is 5. The van der Waals surface area contributed by atoms with Crippen molar-refractivity contribution in [1.29, 1.82) is 0 Å². The van der Waals surface area contributed by atoms with E-state index in [0.29, 0.717) is 23.0 Å². The van der Waals surface area contributed by atoms with Crippen molar-refractivity contribution in [3.05, 3.63) is 34.2 Å². The number of ether oxygens (including phenoxy) is 1. The third-order valence-electron chi connectivity index (χ3n) is 3.99. The van der Waals surface area contributed by atoms with Crippen molar-refractivity contribution in [2.75, 3.05) is 19.7 Å². The molecule has 1 saturated heterocycles. The normalized spacial score (nSPS) is 17.4. The van der Waals surface area contributed by atoms with Gasteiger partial charge in [0.05, 0.1) is 18.1 Å². The summed E-state index contributed by atoms with van der Waals surface area (Å²) in [5.74, 6) is -1.20. The standard InChI is InChI=1S/C17H17ClN2O4S/c1-2-24-13(21)9-11-16(22)19-7-8-20(11)17(23)15-14(18)10-5-3-4-6-12(10)25-15/h3-6,11H,2,7-9H2,1H3,(H,19,22)/t11-/m1/s1. The summed E-state index contributed by atoms with van der Waals surface area (Å²) >= 11 is 7.67. The minimum atomic E-state index is -0.887. The zero-order chi connectivity index (χ0) is 18.0. The van der Waals surface area contributed by atoms with Gasteiger partial charge in [0.25, 0.3) is 5.91 Å². The van der Waals surface area contributed by atoms with Gasteiger partial charge >= 0.3 is 5.97 Å². The number of carbonyl (C=O) groups is 3. The second-order valence-corrected chi connectivity index (χ2v) is 6.99. The van der Waals surface area contributed by atoms with E-state index >= 15 is 0 Å². The van der Waals surface area contributed by atoms with E-state index in [0.717, 1.165) is 10.1 Å². The third-order valence-corrected chi connectivity index (χ3v) is 5.65. The summed E-state index contributed by atoms with van der Waals surface area (Å²) in [5, 5.41) is 3.87. The molecule has 1 N–H and O–H groups in total. The number of nitrogens with zero attached hydrogens (tertiary/aromatic N) is 1. The van der Waals surface area contributed by atoms with Crippen LogP contribution in [0.15, 0.2) is 24.3 Å². The Labute approximate surface area is 153 Å². The lowest BCUT2D eigenvalue weighted by Gasteiger charge is -2.34. The van der Waals surface area contributed by atoms with Gasteiger partial charge in [0.2, 0.25) is 5.91 Å². The summed E-state index contributed by atoms with van der Waals surface area (Å²) in [4.78, 5) is 38.8. The van der Waals surface area contributed by atoms with Crippen LogP contribution in [0.25, 0.3) is 10.1 Å². The van der Waals surface area contributed by atoms with Gasteiger partial charge in [-0.3, -0.25) is 14.4 Å². The maximum atomic E-state index is 13.0. The van der Waals surface area contributed by atoms with Crippen molar-refractivity contribution < 1.29 is 19.1 Å². The van der Waals surface area contributed by atoms with Crippen molar-refractivity contribution in [1.82, 2.24) is 10.2 Å². The van der Waals surface area contributed by atoms with Crippen LogP contribution in [-0.2, 0) is 14.3 Å². The Kier molecular flexibility index (Phi) is 5.24. The van der Waals surface area contributed by atoms with Crippen LogP contribution in [0.3, 0.4) is 0 Å². The number of thiophene rings is 1. The lowest BCUT2D eigenvalue weighted by atomic mass is 10.1. The van der Waals surface area contributed by atoms with E-state index in [-0.39, 0.29) is 24.8 Å². The zero-order valence-electron chi connectivity index (χ0n) is 13.6. The topological polar surface area (TPSA) is 75.7 Å². The Morgan fingerprint density at radius 3 is 2.88 bits per heavy atom. The largest absolute Gasteiger partial charge is 0.466 e. The molecule has 8 heteroatoms. The molecular weight excluding hydrogens is 364 g/mol. The van der Waals surface area contributed by atoms with E-state index in [9.17, 15) is 14.4 Å². The predicted octanol–water partition coefficient (Wildman–Crippen LogP) is 2.45. The number of halogens is 1. The van der Waals surface area contributed by atoms with Gasteiger partial charge in [-0.1, -0.05) is 29.8 Å². The molecule has 132 valence electrons. The molecule has 2 heterocycles. The average Bonchev–Trinajstić information content (AvgIpc) is 2.93. The van der Waals surface area contributed by atoms with Crippen LogP contribution < -0.4 is 5.32 Å². The van der Waals surface area contributed by atoms with Crippen molar-refractivity contribution in [2.45, 2.75) is 19.4 Å². The van der Waals surface area contributed by atoms with Crippen LogP contribution in [0.2, 0.25) is 5.02 Å². The number of benzene rings is 1. The summed E-state index contributed by atoms with van der Waals surface area (Å²) in [7, 11) is 0. The number of amides is 2. The van der Waals surface area contributed by atoms with E-state index in [1.807, 2.05) is 24.3 Å². The quantitative estimate of drug-likeness (QED) is 0.826. The first kappa shape index (κ1) is 17.7. The molecule has 25 heavy (non-hydrogen) atoms. The number of hydrogen-bond donors (Lipinski definition) is 1. The zero-order valence-corrected chi connectivity index (χ0v) is 15.2. The summed E-state index contributed by atoms with van der Waals surface area (Å²) in [6, 6.07) is 6.58. The molecule has 0 aliphatic carbocycles. The minimum absolute atomic E-state index is 0.173. The van der Waals surface area contributed by atoms with Gasteiger partial charge in [0.1, 0.15) is 10.9 Å². The van der Waals surface area contributed by atoms with E-state index in [1.165, 1.54) is 16.2 Å². The molecule has 2 amide bonds. The first-order valence-corrected chi connectivity index (χ1v) is 9.13. The van der Waals surface area contributed by atoms with Gasteiger partial charge in [-0.2, -0.15) is 0 Å². The molecule has 0 saturated carbocycles. The number of esters is 1. The van der Waals surface area contributed by atoms with Crippen molar-refractivity contribution in [3.8, 4) is 0 Å². The second kappa shape index (κ2) is 7.41. The SMILES string of the molecule is CCOC(=O)C[C@@H]1C(=O)NCCN1C(=O)c1sc2ccccc2c1Cl. The summed E-state index contributed by atoms with van der Waals surface area (Å²) < 4.78 is 5.82. The Morgan fingerprint density at radius 1 is 1.40 bits per heavy atom. The van der Waals surface area contributed by atoms with Crippen LogP contribution >= 0.6 is 22.9 Å². The Balaban J connectivity index is 1.90. The molecule has 1 atom stereocenters. The van der Waals surface area contributed by atoms with Crippen LogP contribution in [0.1, 0.15) is 23.0 Å². The van der Waals surface area contributed by atoms with Gasteiger partial charge in [0, 0.05) is 23.2 Å². The third kappa shape index (κ3) is 3.48. The minimum Gasteiger partial charge on any atom is -0.466 e. The van der Waals surface area contributed by atoms with Crippen LogP contribution in [0.4, 0.5) is 0 Å². The van der Waals surface area contributed by atoms with E-state index in [1.54, 1.807) is 6.92 Å². The van der Waals surface area contributed by atoms with Crippen molar-refractivity contribution >= 4 is 50.8 Å². The van der Waals surface area contributed by atoms with Gasteiger partial charge in [-0.25, -0.2) is 0 Å². The summed E-state index contributed by atoms with van der Waals surface area (Å²) in [6.07, 6.45) is -0.173. The fourth-order valence-corrected chi connectivity index (χ4v) is 4.29. The number of piperazine rings is 1. The highest BCUT2D eigenvalue weighted by Gasteiger charge is 2.37. The average molecular weight is 381 g/mol. The summed E-state index contributed by atoms with van der Waals surface area (Å²) in [6.45, 7) is 2.58. The molecule has 1 fully saturated rings. The lowest BCUT2D eigenvalue weighted by molar-refractivity contribution is -0.147. The number of rotatable bonds is 4. The van der Waals surface area contributed by atoms with Gasteiger partial charge in [0.15, 0.2) is 0 Å². The highest BCUT2D eigenvalue weighted by molar-refractivity contribution is 7.21. The monoisotopic (exact) mass is 380 g/mol. The van der Waals surface area contributed by atoms with Crippen LogP contribution in [0, 0.1) is 0 Å². The summed E-state index contributed by atoms with van der Waals surface area (Å²) in [5.41, 5.74) is 0. The van der Waals surface area contributed by atoms with E-state index in [2.05, 4.69) is 5.32 Å². The molecule has 1 aliphatic heterocycles. The number of fused-ring (bicyclic) bond motifs is 1. The molecule has 0 radical (unpaired) electrons. The molecule has 0 spiro atoms. The molecule has 1 aliphatic rings. The van der Waals surface area contributed by atoms with Gasteiger partial charge in [-0.05, 0) is 13.0 Å². The van der Waals surface area contributed by atoms with E-state index in [4.69, 9.17) is 16.3 Å². The van der Waals surface area contributed by atoms with E-state index < -0.39 is 12.0 Å². The highest BCUT2D eigenvalue weighted by Crippen LogP contribution is 2.36. The highest BCUT2D eigenvalue weighted by atomic mass is 35.5. The maximum absolute atomic E-state index is 13.0. The molecule has 6 nitrogen and oxygen atoms in total. The number of carbonyl (C=O) groups excluding carboxylic acids is 3. The molecule has 3 rings (SSSR count). The Bertz CT molecular complexity index is 835. The predicted molar refractivity (Wildman–Crippen MR) is 95.9 cm³/mol. The second-order valence-electron chi connectivity index (χ2n) is 5.56. The Hall–Kier alpha value is -2.12. The molecule has 0 bridgehead atoms. The Morgan fingerprint density at radius 2 is 2.16 bits per heavy atom.